The molecule has 2 aromatic rings. The number of halogens is 1. The number of hydrogen-bond acceptors (Lipinski definition) is 2. The fourth-order valence-electron chi connectivity index (χ4n) is 1.91. The van der Waals surface area contributed by atoms with Gasteiger partial charge in [0.05, 0.1) is 0 Å². The second-order valence-corrected chi connectivity index (χ2v) is 6.25. The Kier molecular flexibility index (Phi) is 6.27. The molecule has 1 amide bonds. The van der Waals surface area contributed by atoms with Gasteiger partial charge in [0.25, 0.3) is 0 Å². The Balaban J connectivity index is 1.66. The van der Waals surface area contributed by atoms with Crippen LogP contribution in [0.5, 0.6) is 0 Å². The molecule has 106 valence electrons. The SMILES string of the molecule is O=C(CCCc1cccs1)NCc1ccc(CBr)cc1. The summed E-state index contributed by atoms with van der Waals surface area (Å²) < 4.78 is 0. The molecule has 0 atom stereocenters. The number of benzene rings is 1. The van der Waals surface area contributed by atoms with E-state index in [1.165, 1.54) is 10.4 Å². The predicted molar refractivity (Wildman–Crippen MR) is 88.2 cm³/mol. The number of alkyl halides is 1. The van der Waals surface area contributed by atoms with Crippen LogP contribution in [0.25, 0.3) is 0 Å². The quantitative estimate of drug-likeness (QED) is 0.741. The van der Waals surface area contributed by atoms with Crippen molar-refractivity contribution in [3.05, 3.63) is 57.8 Å². The largest absolute Gasteiger partial charge is 0.352 e. The molecule has 0 aliphatic carbocycles. The lowest BCUT2D eigenvalue weighted by Gasteiger charge is -2.06. The molecule has 4 heteroatoms. The number of amides is 1. The van der Waals surface area contributed by atoms with Crippen LogP contribution in [0.4, 0.5) is 0 Å². The van der Waals surface area contributed by atoms with Gasteiger partial charge in [0, 0.05) is 23.2 Å². The molecule has 0 bridgehead atoms. The van der Waals surface area contributed by atoms with Crippen LogP contribution in [0, 0.1) is 0 Å². The Labute approximate surface area is 132 Å². The molecule has 0 spiro atoms. The van der Waals surface area contributed by atoms with E-state index in [9.17, 15) is 4.79 Å². The van der Waals surface area contributed by atoms with E-state index in [-0.39, 0.29) is 5.91 Å². The van der Waals surface area contributed by atoms with Crippen LogP contribution < -0.4 is 5.32 Å². The zero-order valence-electron chi connectivity index (χ0n) is 11.3. The number of carbonyl (C=O) groups excluding carboxylic acids is 1. The standard InChI is InChI=1S/C16H18BrNOS/c17-11-13-6-8-14(9-7-13)12-18-16(19)5-1-3-15-4-2-10-20-15/h2,4,6-10H,1,3,5,11-12H2,(H,18,19). The number of aryl methyl sites for hydroxylation is 1. The first kappa shape index (κ1) is 15.3. The monoisotopic (exact) mass is 351 g/mol. The summed E-state index contributed by atoms with van der Waals surface area (Å²) in [5.41, 5.74) is 2.39. The second-order valence-electron chi connectivity index (χ2n) is 4.66. The Morgan fingerprint density at radius 2 is 1.90 bits per heavy atom. The van der Waals surface area contributed by atoms with E-state index < -0.39 is 0 Å². The molecule has 0 saturated carbocycles. The molecule has 1 N–H and O–H groups in total. The minimum absolute atomic E-state index is 0.131. The van der Waals surface area contributed by atoms with Crippen LogP contribution >= 0.6 is 27.3 Å². The maximum atomic E-state index is 11.8. The molecular weight excluding hydrogens is 334 g/mol. The minimum Gasteiger partial charge on any atom is -0.352 e. The van der Waals surface area contributed by atoms with Gasteiger partial charge in [-0.15, -0.1) is 11.3 Å². The third-order valence-electron chi connectivity index (χ3n) is 3.07. The van der Waals surface area contributed by atoms with Gasteiger partial charge in [-0.25, -0.2) is 0 Å². The predicted octanol–water partition coefficient (Wildman–Crippen LogP) is 4.28. The van der Waals surface area contributed by atoms with Crippen molar-refractivity contribution in [2.45, 2.75) is 31.1 Å². The van der Waals surface area contributed by atoms with Crippen LogP contribution in [0.3, 0.4) is 0 Å². The first-order valence-corrected chi connectivity index (χ1v) is 8.71. The highest BCUT2D eigenvalue weighted by atomic mass is 79.9. The highest BCUT2D eigenvalue weighted by Crippen LogP contribution is 2.12. The van der Waals surface area contributed by atoms with Crippen molar-refractivity contribution in [2.24, 2.45) is 0 Å². The highest BCUT2D eigenvalue weighted by Gasteiger charge is 2.02. The average molecular weight is 352 g/mol. The van der Waals surface area contributed by atoms with Crippen molar-refractivity contribution >= 4 is 33.2 Å². The summed E-state index contributed by atoms with van der Waals surface area (Å²) in [7, 11) is 0. The van der Waals surface area contributed by atoms with E-state index in [2.05, 4.69) is 63.0 Å². The van der Waals surface area contributed by atoms with Crippen molar-refractivity contribution in [2.75, 3.05) is 0 Å². The van der Waals surface area contributed by atoms with Crippen molar-refractivity contribution in [1.29, 1.82) is 0 Å². The average Bonchev–Trinajstić information content (AvgIpc) is 2.99. The molecule has 1 heterocycles. The van der Waals surface area contributed by atoms with Crippen molar-refractivity contribution in [3.8, 4) is 0 Å². The summed E-state index contributed by atoms with van der Waals surface area (Å²) in [6.45, 7) is 0.612. The molecule has 1 aromatic heterocycles. The van der Waals surface area contributed by atoms with Gasteiger partial charge in [0.2, 0.25) is 5.91 Å². The van der Waals surface area contributed by atoms with Crippen LogP contribution in [-0.2, 0) is 23.1 Å². The number of hydrogen-bond donors (Lipinski definition) is 1. The van der Waals surface area contributed by atoms with E-state index in [4.69, 9.17) is 0 Å². The molecule has 0 aliphatic rings. The molecule has 0 saturated heterocycles. The van der Waals surface area contributed by atoms with Gasteiger partial charge in [-0.3, -0.25) is 4.79 Å². The van der Waals surface area contributed by atoms with Crippen molar-refractivity contribution < 1.29 is 4.79 Å². The Morgan fingerprint density at radius 1 is 1.15 bits per heavy atom. The number of thiophene rings is 1. The van der Waals surface area contributed by atoms with Gasteiger partial charge in [0.15, 0.2) is 0 Å². The zero-order valence-corrected chi connectivity index (χ0v) is 13.7. The summed E-state index contributed by atoms with van der Waals surface area (Å²) in [6, 6.07) is 12.4. The van der Waals surface area contributed by atoms with E-state index >= 15 is 0 Å². The molecule has 20 heavy (non-hydrogen) atoms. The van der Waals surface area contributed by atoms with Gasteiger partial charge >= 0.3 is 0 Å². The minimum atomic E-state index is 0.131. The normalized spacial score (nSPS) is 10.4. The smallest absolute Gasteiger partial charge is 0.220 e. The molecule has 0 fully saturated rings. The summed E-state index contributed by atoms with van der Waals surface area (Å²) in [5, 5.41) is 5.91. The molecule has 2 nitrogen and oxygen atoms in total. The maximum absolute atomic E-state index is 11.8. The molecule has 0 aliphatic heterocycles. The van der Waals surface area contributed by atoms with Gasteiger partial charge in [-0.05, 0) is 35.4 Å². The van der Waals surface area contributed by atoms with Gasteiger partial charge in [0.1, 0.15) is 0 Å². The Bertz CT molecular complexity index is 522. The first-order valence-electron chi connectivity index (χ1n) is 6.71. The lowest BCUT2D eigenvalue weighted by molar-refractivity contribution is -0.121. The fourth-order valence-corrected chi connectivity index (χ4v) is 3.04. The molecule has 0 unspecified atom stereocenters. The first-order chi connectivity index (χ1) is 9.78. The summed E-state index contributed by atoms with van der Waals surface area (Å²) >= 11 is 5.17. The highest BCUT2D eigenvalue weighted by molar-refractivity contribution is 9.08. The van der Waals surface area contributed by atoms with E-state index in [1.807, 2.05) is 0 Å². The second kappa shape index (κ2) is 8.22. The van der Waals surface area contributed by atoms with Gasteiger partial charge in [-0.2, -0.15) is 0 Å². The lowest BCUT2D eigenvalue weighted by Crippen LogP contribution is -2.22. The van der Waals surface area contributed by atoms with Gasteiger partial charge in [-0.1, -0.05) is 46.3 Å². The van der Waals surface area contributed by atoms with Crippen LogP contribution in [-0.4, -0.2) is 5.91 Å². The van der Waals surface area contributed by atoms with Crippen LogP contribution in [0.2, 0.25) is 0 Å². The summed E-state index contributed by atoms with van der Waals surface area (Å²) in [6.07, 6.45) is 2.50. The zero-order chi connectivity index (χ0) is 14.2. The third kappa shape index (κ3) is 5.10. The molecule has 1 aromatic carbocycles. The van der Waals surface area contributed by atoms with Gasteiger partial charge < -0.3 is 5.32 Å². The molecule has 0 radical (unpaired) electrons. The molecule has 2 rings (SSSR count). The number of rotatable bonds is 7. The molecular formula is C16H18BrNOS. The lowest BCUT2D eigenvalue weighted by atomic mass is 10.1. The van der Waals surface area contributed by atoms with Crippen molar-refractivity contribution in [1.82, 2.24) is 5.32 Å². The summed E-state index contributed by atoms with van der Waals surface area (Å²) in [4.78, 5) is 13.1. The number of nitrogens with one attached hydrogen (secondary N) is 1. The van der Waals surface area contributed by atoms with E-state index in [0.29, 0.717) is 13.0 Å². The van der Waals surface area contributed by atoms with Crippen molar-refractivity contribution in [3.63, 3.8) is 0 Å². The van der Waals surface area contributed by atoms with E-state index in [0.717, 1.165) is 23.7 Å². The Morgan fingerprint density at radius 3 is 2.55 bits per heavy atom. The topological polar surface area (TPSA) is 29.1 Å². The van der Waals surface area contributed by atoms with E-state index in [1.54, 1.807) is 11.3 Å². The Hall–Kier alpha value is -1.13. The fraction of sp³-hybridized carbons (Fsp3) is 0.312. The summed E-state index contributed by atoms with van der Waals surface area (Å²) in [5.74, 6) is 0.131. The van der Waals surface area contributed by atoms with Crippen LogP contribution in [0.1, 0.15) is 28.8 Å². The van der Waals surface area contributed by atoms with Crippen LogP contribution in [0.15, 0.2) is 41.8 Å². The number of carbonyl (C=O) groups is 1. The third-order valence-corrected chi connectivity index (χ3v) is 4.66. The maximum Gasteiger partial charge on any atom is 0.220 e.